The Labute approximate surface area is 153 Å². The number of aromatic nitrogens is 2. The smallest absolute Gasteiger partial charge is 0.275 e. The van der Waals surface area contributed by atoms with E-state index in [0.29, 0.717) is 17.9 Å². The highest BCUT2D eigenvalue weighted by molar-refractivity contribution is 5.94. The van der Waals surface area contributed by atoms with Crippen LogP contribution < -0.4 is 5.32 Å². The first-order valence-electron chi connectivity index (χ1n) is 9.39. The Kier molecular flexibility index (Phi) is 4.31. The van der Waals surface area contributed by atoms with Crippen LogP contribution in [0.3, 0.4) is 0 Å². The van der Waals surface area contributed by atoms with Crippen molar-refractivity contribution in [3.8, 4) is 5.69 Å². The number of benzene rings is 1. The molecule has 4 rings (SSSR count). The van der Waals surface area contributed by atoms with Gasteiger partial charge in [0.2, 0.25) is 0 Å². The van der Waals surface area contributed by atoms with Gasteiger partial charge in [0.15, 0.2) is 5.69 Å². The number of carbonyl (C=O) groups is 1. The Hall–Kier alpha value is -2.21. The van der Waals surface area contributed by atoms with Gasteiger partial charge in [-0.15, -0.1) is 0 Å². The van der Waals surface area contributed by atoms with Gasteiger partial charge in [-0.2, -0.15) is 5.10 Å². The standard InChI is InChI=1S/C20H25FN4O/c1-12-7-8-18(16(21)11-12)25-17-6-4-5-15(17)19(23-25)20(26)24-10-9-22-13(2)14(24)3/h7-8,11,13-14,22H,4-6,9-10H2,1-3H3. The second kappa shape index (κ2) is 6.50. The van der Waals surface area contributed by atoms with E-state index in [4.69, 9.17) is 0 Å². The largest absolute Gasteiger partial charge is 0.332 e. The molecule has 2 unspecified atom stereocenters. The average molecular weight is 356 g/mol. The summed E-state index contributed by atoms with van der Waals surface area (Å²) in [6.07, 6.45) is 2.64. The van der Waals surface area contributed by atoms with Gasteiger partial charge in [0.1, 0.15) is 11.5 Å². The van der Waals surface area contributed by atoms with Crippen molar-refractivity contribution in [3.63, 3.8) is 0 Å². The Morgan fingerprint density at radius 1 is 1.31 bits per heavy atom. The molecule has 0 radical (unpaired) electrons. The van der Waals surface area contributed by atoms with Gasteiger partial charge in [-0.3, -0.25) is 4.79 Å². The number of carbonyl (C=O) groups excluding carboxylic acids is 1. The lowest BCUT2D eigenvalue weighted by Gasteiger charge is -2.38. The molecule has 1 aromatic carbocycles. The molecule has 6 heteroatoms. The Balaban J connectivity index is 1.75. The van der Waals surface area contributed by atoms with Gasteiger partial charge >= 0.3 is 0 Å². The van der Waals surface area contributed by atoms with E-state index in [-0.39, 0.29) is 23.8 Å². The summed E-state index contributed by atoms with van der Waals surface area (Å²) in [6, 6.07) is 5.50. The van der Waals surface area contributed by atoms with Gasteiger partial charge in [-0.25, -0.2) is 9.07 Å². The summed E-state index contributed by atoms with van der Waals surface area (Å²) in [7, 11) is 0. The summed E-state index contributed by atoms with van der Waals surface area (Å²) in [6.45, 7) is 7.47. The molecule has 1 aromatic heterocycles. The number of piperazine rings is 1. The molecular formula is C20H25FN4O. The van der Waals surface area contributed by atoms with Gasteiger partial charge in [0.05, 0.1) is 0 Å². The van der Waals surface area contributed by atoms with Crippen LogP contribution in [0.5, 0.6) is 0 Å². The zero-order chi connectivity index (χ0) is 18.4. The van der Waals surface area contributed by atoms with Crippen molar-refractivity contribution in [2.75, 3.05) is 13.1 Å². The first-order chi connectivity index (χ1) is 12.5. The normalized spacial score (nSPS) is 22.5. The number of fused-ring (bicyclic) bond motifs is 1. The van der Waals surface area contributed by atoms with Crippen LogP contribution in [0.4, 0.5) is 4.39 Å². The molecule has 1 fully saturated rings. The van der Waals surface area contributed by atoms with E-state index in [1.807, 2.05) is 17.9 Å². The molecule has 0 spiro atoms. The van der Waals surface area contributed by atoms with Gasteiger partial charge in [-0.05, 0) is 57.7 Å². The molecule has 0 saturated carbocycles. The van der Waals surface area contributed by atoms with Crippen LogP contribution in [0.25, 0.3) is 5.69 Å². The van der Waals surface area contributed by atoms with Crippen molar-refractivity contribution in [2.24, 2.45) is 0 Å². The molecular weight excluding hydrogens is 331 g/mol. The minimum Gasteiger partial charge on any atom is -0.332 e. The second-order valence-electron chi connectivity index (χ2n) is 7.48. The predicted octanol–water partition coefficient (Wildman–Crippen LogP) is 2.63. The van der Waals surface area contributed by atoms with Gasteiger partial charge in [0.25, 0.3) is 5.91 Å². The van der Waals surface area contributed by atoms with Crippen LogP contribution in [0.15, 0.2) is 18.2 Å². The lowest BCUT2D eigenvalue weighted by atomic mass is 10.1. The Morgan fingerprint density at radius 3 is 2.88 bits per heavy atom. The molecule has 0 bridgehead atoms. The number of nitrogens with zero attached hydrogens (tertiary/aromatic N) is 3. The number of nitrogens with one attached hydrogen (secondary N) is 1. The fourth-order valence-corrected chi connectivity index (χ4v) is 4.07. The number of hydrogen-bond acceptors (Lipinski definition) is 3. The van der Waals surface area contributed by atoms with E-state index in [0.717, 1.165) is 42.6 Å². The van der Waals surface area contributed by atoms with E-state index in [1.165, 1.54) is 6.07 Å². The van der Waals surface area contributed by atoms with E-state index in [1.54, 1.807) is 10.7 Å². The fourth-order valence-electron chi connectivity index (χ4n) is 4.07. The summed E-state index contributed by atoms with van der Waals surface area (Å²) in [5.74, 6) is -0.333. The lowest BCUT2D eigenvalue weighted by molar-refractivity contribution is 0.0595. The molecule has 1 amide bonds. The van der Waals surface area contributed by atoms with Gasteiger partial charge in [-0.1, -0.05) is 6.07 Å². The molecule has 1 N–H and O–H groups in total. The highest BCUT2D eigenvalue weighted by Gasteiger charge is 2.34. The molecule has 138 valence electrons. The first-order valence-corrected chi connectivity index (χ1v) is 9.39. The van der Waals surface area contributed by atoms with E-state index in [2.05, 4.69) is 24.3 Å². The minimum absolute atomic E-state index is 0.0322. The third kappa shape index (κ3) is 2.72. The highest BCUT2D eigenvalue weighted by atomic mass is 19.1. The van der Waals surface area contributed by atoms with Crippen LogP contribution >= 0.6 is 0 Å². The van der Waals surface area contributed by atoms with Crippen molar-refractivity contribution in [2.45, 2.75) is 52.1 Å². The number of halogens is 1. The zero-order valence-electron chi connectivity index (χ0n) is 15.6. The third-order valence-electron chi connectivity index (χ3n) is 5.76. The van der Waals surface area contributed by atoms with Gasteiger partial charge in [0, 0.05) is 36.4 Å². The molecule has 2 atom stereocenters. The van der Waals surface area contributed by atoms with Crippen LogP contribution in [-0.2, 0) is 12.8 Å². The SMILES string of the molecule is Cc1ccc(-n2nc(C(=O)N3CCNC(C)C3C)c3c2CCC3)c(F)c1. The van der Waals surface area contributed by atoms with E-state index >= 15 is 0 Å². The summed E-state index contributed by atoms with van der Waals surface area (Å²) in [5, 5.41) is 7.99. The average Bonchev–Trinajstić information content (AvgIpc) is 3.20. The lowest BCUT2D eigenvalue weighted by Crippen LogP contribution is -2.57. The summed E-state index contributed by atoms with van der Waals surface area (Å²) < 4.78 is 16.2. The second-order valence-corrected chi connectivity index (χ2v) is 7.48. The van der Waals surface area contributed by atoms with E-state index < -0.39 is 0 Å². The number of rotatable bonds is 2. The minimum atomic E-state index is -0.301. The maximum absolute atomic E-state index is 14.5. The molecule has 1 aliphatic heterocycles. The number of aryl methyl sites for hydroxylation is 1. The first kappa shape index (κ1) is 17.2. The maximum atomic E-state index is 14.5. The van der Waals surface area contributed by atoms with Crippen molar-refractivity contribution < 1.29 is 9.18 Å². The quantitative estimate of drug-likeness (QED) is 0.900. The molecule has 2 heterocycles. The van der Waals surface area contributed by atoms with Crippen molar-refractivity contribution in [1.82, 2.24) is 20.0 Å². The summed E-state index contributed by atoms with van der Waals surface area (Å²) in [5.41, 5.74) is 3.77. The molecule has 1 aliphatic carbocycles. The van der Waals surface area contributed by atoms with Gasteiger partial charge < -0.3 is 10.2 Å². The molecule has 2 aromatic rings. The Morgan fingerprint density at radius 2 is 2.12 bits per heavy atom. The molecule has 5 nitrogen and oxygen atoms in total. The molecule has 26 heavy (non-hydrogen) atoms. The molecule has 1 saturated heterocycles. The van der Waals surface area contributed by atoms with Crippen LogP contribution in [0.1, 0.15) is 47.6 Å². The zero-order valence-corrected chi connectivity index (χ0v) is 15.6. The highest BCUT2D eigenvalue weighted by Crippen LogP contribution is 2.30. The topological polar surface area (TPSA) is 50.2 Å². The summed E-state index contributed by atoms with van der Waals surface area (Å²) >= 11 is 0. The predicted molar refractivity (Wildman–Crippen MR) is 98.2 cm³/mol. The van der Waals surface area contributed by atoms with E-state index in [9.17, 15) is 9.18 Å². The maximum Gasteiger partial charge on any atom is 0.275 e. The fraction of sp³-hybridized carbons (Fsp3) is 0.500. The molecule has 2 aliphatic rings. The third-order valence-corrected chi connectivity index (χ3v) is 5.76. The van der Waals surface area contributed by atoms with Crippen LogP contribution in [0.2, 0.25) is 0 Å². The monoisotopic (exact) mass is 356 g/mol. The number of hydrogen-bond donors (Lipinski definition) is 1. The summed E-state index contributed by atoms with van der Waals surface area (Å²) in [4.78, 5) is 15.1. The number of amides is 1. The van der Waals surface area contributed by atoms with Crippen molar-refractivity contribution in [3.05, 3.63) is 46.5 Å². The van der Waals surface area contributed by atoms with Crippen LogP contribution in [-0.4, -0.2) is 45.8 Å². The van der Waals surface area contributed by atoms with Crippen molar-refractivity contribution >= 4 is 5.91 Å². The Bertz CT molecular complexity index is 860. The van der Waals surface area contributed by atoms with Crippen LogP contribution in [0, 0.1) is 12.7 Å². The van der Waals surface area contributed by atoms with Crippen molar-refractivity contribution in [1.29, 1.82) is 0 Å².